The highest BCUT2D eigenvalue weighted by atomic mass is 19.4. The average Bonchev–Trinajstić information content (AvgIpc) is 3.35. The van der Waals surface area contributed by atoms with Gasteiger partial charge in [0.2, 0.25) is 5.91 Å². The molecule has 2 aromatic rings. The Morgan fingerprint density at radius 1 is 0.865 bits per heavy atom. The van der Waals surface area contributed by atoms with Crippen LogP contribution in [0.25, 0.3) is 0 Å². The number of nitrogens with one attached hydrogen (secondary N) is 3. The lowest BCUT2D eigenvalue weighted by molar-refractivity contribution is -0.137. The SMILES string of the molecule is O=C(CNC(=O)c1cccc(C(F)(F)F)c1)N[C@@H]1CCN([C@H]2CCCC[C@H]2NC(=O)c2ccccc2)C1. The number of carbonyl (C=O) groups excluding carboxylic acids is 3. The third kappa shape index (κ3) is 7.09. The highest BCUT2D eigenvalue weighted by Gasteiger charge is 2.36. The van der Waals surface area contributed by atoms with Gasteiger partial charge in [-0.25, -0.2) is 0 Å². The highest BCUT2D eigenvalue weighted by Crippen LogP contribution is 2.29. The van der Waals surface area contributed by atoms with Gasteiger partial charge in [0.05, 0.1) is 12.1 Å². The van der Waals surface area contributed by atoms with Gasteiger partial charge < -0.3 is 16.0 Å². The molecule has 0 radical (unpaired) electrons. The summed E-state index contributed by atoms with van der Waals surface area (Å²) in [5.74, 6) is -1.23. The van der Waals surface area contributed by atoms with Crippen LogP contribution in [0.2, 0.25) is 0 Å². The van der Waals surface area contributed by atoms with Gasteiger partial charge in [-0.2, -0.15) is 13.2 Å². The van der Waals surface area contributed by atoms with Crippen LogP contribution in [0.4, 0.5) is 13.2 Å². The summed E-state index contributed by atoms with van der Waals surface area (Å²) in [6, 6.07) is 13.3. The largest absolute Gasteiger partial charge is 0.416 e. The molecule has 0 unspecified atom stereocenters. The van der Waals surface area contributed by atoms with Crippen LogP contribution in [0.1, 0.15) is 58.4 Å². The molecule has 4 rings (SSSR count). The van der Waals surface area contributed by atoms with Gasteiger partial charge in [0.15, 0.2) is 0 Å². The van der Waals surface area contributed by atoms with Crippen molar-refractivity contribution in [3.8, 4) is 0 Å². The van der Waals surface area contributed by atoms with E-state index in [0.29, 0.717) is 12.1 Å². The van der Waals surface area contributed by atoms with Crippen LogP contribution in [0.5, 0.6) is 0 Å². The zero-order chi connectivity index (χ0) is 26.4. The number of amides is 3. The second-order valence-corrected chi connectivity index (χ2v) is 9.61. The summed E-state index contributed by atoms with van der Waals surface area (Å²) in [5, 5.41) is 8.49. The van der Waals surface area contributed by atoms with Crippen LogP contribution in [0.3, 0.4) is 0 Å². The predicted octanol–water partition coefficient (Wildman–Crippen LogP) is 3.37. The summed E-state index contributed by atoms with van der Waals surface area (Å²) < 4.78 is 38.6. The topological polar surface area (TPSA) is 90.5 Å². The Labute approximate surface area is 213 Å². The van der Waals surface area contributed by atoms with E-state index in [-0.39, 0.29) is 36.1 Å². The summed E-state index contributed by atoms with van der Waals surface area (Å²) in [6.45, 7) is 1.09. The number of likely N-dealkylation sites (tertiary alicyclic amines) is 1. The molecule has 3 N–H and O–H groups in total. The van der Waals surface area contributed by atoms with Crippen LogP contribution in [0.15, 0.2) is 54.6 Å². The lowest BCUT2D eigenvalue weighted by Crippen LogP contribution is -2.53. The molecular weight excluding hydrogens is 485 g/mol. The minimum absolute atomic E-state index is 0.0302. The standard InChI is InChI=1S/C27H31F3N4O3/c28-27(29,30)20-10-6-9-19(15-20)25(36)31-16-24(35)32-21-13-14-34(17-21)23-12-5-4-11-22(23)33-26(37)18-7-2-1-3-8-18/h1-3,6-10,15,21-23H,4-5,11-14,16-17H2,(H,31,36)(H,32,35)(H,33,37)/t21-,22-,23+/m1/s1. The maximum atomic E-state index is 12.9. The molecule has 0 aromatic heterocycles. The van der Waals surface area contributed by atoms with Gasteiger partial charge in [-0.05, 0) is 49.6 Å². The number of halogens is 3. The first kappa shape index (κ1) is 26.7. The van der Waals surface area contributed by atoms with Crippen LogP contribution < -0.4 is 16.0 Å². The summed E-state index contributed by atoms with van der Waals surface area (Å²) >= 11 is 0. The van der Waals surface area contributed by atoms with Crippen molar-refractivity contribution in [1.82, 2.24) is 20.9 Å². The molecule has 2 fully saturated rings. The molecule has 37 heavy (non-hydrogen) atoms. The summed E-state index contributed by atoms with van der Waals surface area (Å²) in [4.78, 5) is 39.7. The molecule has 1 heterocycles. The fourth-order valence-corrected chi connectivity index (χ4v) is 5.14. The molecule has 1 aliphatic carbocycles. The molecule has 3 amide bonds. The molecule has 2 aliphatic rings. The first-order chi connectivity index (χ1) is 17.7. The lowest BCUT2D eigenvalue weighted by Gasteiger charge is -2.38. The second-order valence-electron chi connectivity index (χ2n) is 9.61. The molecule has 2 aromatic carbocycles. The maximum absolute atomic E-state index is 12.9. The molecule has 1 saturated carbocycles. The van der Waals surface area contributed by atoms with E-state index in [9.17, 15) is 27.6 Å². The van der Waals surface area contributed by atoms with Crippen molar-refractivity contribution in [3.05, 3.63) is 71.3 Å². The van der Waals surface area contributed by atoms with Gasteiger partial charge in [0.1, 0.15) is 0 Å². The highest BCUT2D eigenvalue weighted by molar-refractivity contribution is 5.96. The number of carbonyl (C=O) groups is 3. The van der Waals surface area contributed by atoms with E-state index in [1.165, 1.54) is 6.07 Å². The molecule has 1 aliphatic heterocycles. The lowest BCUT2D eigenvalue weighted by atomic mass is 9.89. The zero-order valence-electron chi connectivity index (χ0n) is 20.4. The van der Waals surface area contributed by atoms with Crippen molar-refractivity contribution in [2.24, 2.45) is 0 Å². The number of alkyl halides is 3. The Balaban J connectivity index is 1.26. The Morgan fingerprint density at radius 2 is 1.59 bits per heavy atom. The number of nitrogens with zero attached hydrogens (tertiary/aromatic N) is 1. The normalized spacial score (nSPS) is 22.3. The Hall–Kier alpha value is -3.40. The van der Waals surface area contributed by atoms with E-state index in [0.717, 1.165) is 56.8 Å². The first-order valence-corrected chi connectivity index (χ1v) is 12.6. The molecule has 198 valence electrons. The molecule has 0 spiro atoms. The molecule has 7 nitrogen and oxygen atoms in total. The second kappa shape index (κ2) is 11.8. The van der Waals surface area contributed by atoms with Crippen molar-refractivity contribution in [2.75, 3.05) is 19.6 Å². The minimum atomic E-state index is -4.55. The number of benzene rings is 2. The summed E-state index contributed by atoms with van der Waals surface area (Å²) in [5.41, 5.74) is -0.447. The van der Waals surface area contributed by atoms with Crippen molar-refractivity contribution in [2.45, 2.75) is 56.4 Å². The molecule has 0 bridgehead atoms. The fourth-order valence-electron chi connectivity index (χ4n) is 5.14. The fraction of sp³-hybridized carbons (Fsp3) is 0.444. The smallest absolute Gasteiger partial charge is 0.350 e. The average molecular weight is 517 g/mol. The quantitative estimate of drug-likeness (QED) is 0.527. The van der Waals surface area contributed by atoms with Gasteiger partial charge in [-0.15, -0.1) is 0 Å². The zero-order valence-corrected chi connectivity index (χ0v) is 20.4. The van der Waals surface area contributed by atoms with Gasteiger partial charge in [-0.1, -0.05) is 37.1 Å². The van der Waals surface area contributed by atoms with E-state index in [1.54, 1.807) is 12.1 Å². The van der Waals surface area contributed by atoms with Crippen molar-refractivity contribution in [3.63, 3.8) is 0 Å². The van der Waals surface area contributed by atoms with Gasteiger partial charge in [0.25, 0.3) is 11.8 Å². The van der Waals surface area contributed by atoms with E-state index >= 15 is 0 Å². The Bertz CT molecular complexity index is 1110. The number of rotatable bonds is 7. The third-order valence-corrected chi connectivity index (χ3v) is 7.00. The maximum Gasteiger partial charge on any atom is 0.416 e. The molecule has 10 heteroatoms. The Morgan fingerprint density at radius 3 is 2.35 bits per heavy atom. The molecular formula is C27H31F3N4O3. The number of hydrogen-bond donors (Lipinski definition) is 3. The van der Waals surface area contributed by atoms with Crippen molar-refractivity contribution >= 4 is 17.7 Å². The predicted molar refractivity (Wildman–Crippen MR) is 132 cm³/mol. The molecule has 3 atom stereocenters. The molecule has 1 saturated heterocycles. The van der Waals surface area contributed by atoms with Crippen LogP contribution in [-0.2, 0) is 11.0 Å². The van der Waals surface area contributed by atoms with Crippen LogP contribution in [0, 0.1) is 0 Å². The third-order valence-electron chi connectivity index (χ3n) is 7.00. The van der Waals surface area contributed by atoms with Gasteiger partial charge in [0, 0.05) is 42.3 Å². The van der Waals surface area contributed by atoms with Crippen LogP contribution >= 0.6 is 0 Å². The number of hydrogen-bond acceptors (Lipinski definition) is 4. The van der Waals surface area contributed by atoms with Crippen molar-refractivity contribution < 1.29 is 27.6 Å². The van der Waals surface area contributed by atoms with E-state index in [4.69, 9.17) is 0 Å². The van der Waals surface area contributed by atoms with Gasteiger partial charge in [-0.3, -0.25) is 19.3 Å². The van der Waals surface area contributed by atoms with E-state index < -0.39 is 23.6 Å². The Kier molecular flexibility index (Phi) is 8.48. The minimum Gasteiger partial charge on any atom is -0.350 e. The van der Waals surface area contributed by atoms with E-state index in [1.807, 2.05) is 18.2 Å². The first-order valence-electron chi connectivity index (χ1n) is 12.6. The van der Waals surface area contributed by atoms with Crippen LogP contribution in [-0.4, -0.2) is 60.4 Å². The monoisotopic (exact) mass is 516 g/mol. The van der Waals surface area contributed by atoms with Crippen molar-refractivity contribution in [1.29, 1.82) is 0 Å². The van der Waals surface area contributed by atoms with Gasteiger partial charge >= 0.3 is 6.18 Å². The van der Waals surface area contributed by atoms with E-state index in [2.05, 4.69) is 20.9 Å². The summed E-state index contributed by atoms with van der Waals surface area (Å²) in [7, 11) is 0. The summed E-state index contributed by atoms with van der Waals surface area (Å²) in [6.07, 6.45) is 0.186.